The van der Waals surface area contributed by atoms with Gasteiger partial charge in [-0.2, -0.15) is 0 Å². The number of ether oxygens (including phenoxy) is 1. The lowest BCUT2D eigenvalue weighted by atomic mass is 10.1. The maximum Gasteiger partial charge on any atom is 0.410 e. The fraction of sp³-hybridized carbons (Fsp3) is 0.917. The summed E-state index contributed by atoms with van der Waals surface area (Å²) in [6, 6.07) is 0. The van der Waals surface area contributed by atoms with Crippen LogP contribution in [0.3, 0.4) is 0 Å². The first-order chi connectivity index (χ1) is 7.80. The maximum atomic E-state index is 11.7. The lowest BCUT2D eigenvalue weighted by molar-refractivity contribution is 0.0266. The van der Waals surface area contributed by atoms with E-state index in [0.717, 1.165) is 6.54 Å². The fourth-order valence-corrected chi connectivity index (χ4v) is 1.53. The zero-order valence-electron chi connectivity index (χ0n) is 11.6. The fourth-order valence-electron chi connectivity index (χ4n) is 1.53. The summed E-state index contributed by atoms with van der Waals surface area (Å²) in [5, 5.41) is 12.0. The summed E-state index contributed by atoms with van der Waals surface area (Å²) >= 11 is 0. The van der Waals surface area contributed by atoms with E-state index in [9.17, 15) is 4.79 Å². The Bertz CT molecular complexity index is 220. The summed E-state index contributed by atoms with van der Waals surface area (Å²) in [5.74, 6) is 0.238. The molecule has 1 amide bonds. The summed E-state index contributed by atoms with van der Waals surface area (Å²) in [5.41, 5.74) is -0.471. The molecule has 0 aromatic carbocycles. The van der Waals surface area contributed by atoms with E-state index in [1.807, 2.05) is 27.8 Å². The lowest BCUT2D eigenvalue weighted by Gasteiger charge is -2.27. The van der Waals surface area contributed by atoms with Crippen LogP contribution in [0.1, 0.15) is 27.2 Å². The molecule has 0 saturated carbocycles. The monoisotopic (exact) mass is 246 g/mol. The van der Waals surface area contributed by atoms with Crippen molar-refractivity contribution in [3.8, 4) is 0 Å². The molecular formula is C12H26N2O3. The topological polar surface area (TPSA) is 61.8 Å². The first-order valence-electron chi connectivity index (χ1n) is 5.99. The van der Waals surface area contributed by atoms with Crippen molar-refractivity contribution < 1.29 is 14.6 Å². The van der Waals surface area contributed by atoms with E-state index >= 15 is 0 Å². The van der Waals surface area contributed by atoms with Crippen LogP contribution in [0.4, 0.5) is 4.79 Å². The van der Waals surface area contributed by atoms with E-state index < -0.39 is 5.60 Å². The quantitative estimate of drug-likeness (QED) is 0.736. The van der Waals surface area contributed by atoms with Gasteiger partial charge in [0.25, 0.3) is 0 Å². The van der Waals surface area contributed by atoms with Gasteiger partial charge < -0.3 is 20.1 Å². The number of carbonyl (C=O) groups is 1. The molecular weight excluding hydrogens is 220 g/mol. The summed E-state index contributed by atoms with van der Waals surface area (Å²) in [7, 11) is 3.58. The minimum atomic E-state index is -0.471. The number of rotatable bonds is 6. The van der Waals surface area contributed by atoms with Crippen LogP contribution in [0.2, 0.25) is 0 Å². The summed E-state index contributed by atoms with van der Waals surface area (Å²) in [6.45, 7) is 7.02. The first-order valence-corrected chi connectivity index (χ1v) is 5.99. The van der Waals surface area contributed by atoms with Crippen LogP contribution >= 0.6 is 0 Å². The molecule has 0 spiro atoms. The molecule has 2 N–H and O–H groups in total. The van der Waals surface area contributed by atoms with Gasteiger partial charge in [-0.15, -0.1) is 0 Å². The van der Waals surface area contributed by atoms with Crippen LogP contribution in [0.15, 0.2) is 0 Å². The second-order valence-electron chi connectivity index (χ2n) is 5.30. The van der Waals surface area contributed by atoms with Crippen LogP contribution in [0.5, 0.6) is 0 Å². The molecule has 0 saturated heterocycles. The van der Waals surface area contributed by atoms with E-state index in [1.165, 1.54) is 0 Å². The van der Waals surface area contributed by atoms with Gasteiger partial charge in [0.1, 0.15) is 5.60 Å². The number of nitrogens with one attached hydrogen (secondary N) is 1. The summed E-state index contributed by atoms with van der Waals surface area (Å²) in [4.78, 5) is 13.3. The zero-order chi connectivity index (χ0) is 13.5. The first kappa shape index (κ1) is 16.2. The minimum absolute atomic E-state index is 0.133. The Labute approximate surface area is 104 Å². The number of nitrogens with zero attached hydrogens (tertiary/aromatic N) is 1. The molecule has 5 nitrogen and oxygen atoms in total. The molecule has 0 fully saturated rings. The molecule has 0 aromatic rings. The van der Waals surface area contributed by atoms with E-state index in [4.69, 9.17) is 9.84 Å². The van der Waals surface area contributed by atoms with Gasteiger partial charge in [0.05, 0.1) is 0 Å². The highest BCUT2D eigenvalue weighted by Gasteiger charge is 2.21. The van der Waals surface area contributed by atoms with E-state index in [1.54, 1.807) is 11.9 Å². The third-order valence-electron chi connectivity index (χ3n) is 2.27. The molecule has 102 valence electrons. The Morgan fingerprint density at radius 3 is 2.47 bits per heavy atom. The van der Waals surface area contributed by atoms with Crippen molar-refractivity contribution in [2.24, 2.45) is 5.92 Å². The number of amides is 1. The molecule has 0 rings (SSSR count). The number of aliphatic hydroxyl groups excluding tert-OH is 1. The van der Waals surface area contributed by atoms with Crippen molar-refractivity contribution in [1.82, 2.24) is 10.2 Å². The summed E-state index contributed by atoms with van der Waals surface area (Å²) in [6.07, 6.45) is 0.352. The predicted molar refractivity (Wildman–Crippen MR) is 68.0 cm³/mol. The van der Waals surface area contributed by atoms with Gasteiger partial charge in [-0.3, -0.25) is 0 Å². The van der Waals surface area contributed by atoms with Gasteiger partial charge in [-0.1, -0.05) is 0 Å². The number of hydrogen-bond donors (Lipinski definition) is 2. The molecule has 0 bridgehead atoms. The smallest absolute Gasteiger partial charge is 0.410 e. The average Bonchev–Trinajstić information content (AvgIpc) is 2.15. The van der Waals surface area contributed by atoms with Crippen LogP contribution < -0.4 is 5.32 Å². The van der Waals surface area contributed by atoms with Crippen LogP contribution in [0.25, 0.3) is 0 Å². The van der Waals surface area contributed by atoms with Crippen LogP contribution in [-0.4, -0.2) is 55.5 Å². The van der Waals surface area contributed by atoms with E-state index in [-0.39, 0.29) is 18.6 Å². The molecule has 1 unspecified atom stereocenters. The lowest BCUT2D eigenvalue weighted by Crippen LogP contribution is -2.39. The van der Waals surface area contributed by atoms with E-state index in [0.29, 0.717) is 13.0 Å². The molecule has 17 heavy (non-hydrogen) atoms. The highest BCUT2D eigenvalue weighted by atomic mass is 16.6. The third kappa shape index (κ3) is 7.99. The molecule has 0 aromatic heterocycles. The van der Waals surface area contributed by atoms with Crippen molar-refractivity contribution in [3.63, 3.8) is 0 Å². The van der Waals surface area contributed by atoms with Crippen molar-refractivity contribution >= 4 is 6.09 Å². The number of aliphatic hydroxyl groups is 1. The molecule has 0 radical (unpaired) electrons. The minimum Gasteiger partial charge on any atom is -0.444 e. The Balaban J connectivity index is 4.19. The molecule has 0 aliphatic rings. The number of carbonyl (C=O) groups excluding carboxylic acids is 1. The van der Waals surface area contributed by atoms with E-state index in [2.05, 4.69) is 5.32 Å². The maximum absolute atomic E-state index is 11.7. The van der Waals surface area contributed by atoms with Gasteiger partial charge >= 0.3 is 6.09 Å². The van der Waals surface area contributed by atoms with Gasteiger partial charge in [0, 0.05) is 20.2 Å². The normalized spacial score (nSPS) is 13.3. The number of hydrogen-bond acceptors (Lipinski definition) is 4. The zero-order valence-corrected chi connectivity index (χ0v) is 11.6. The predicted octanol–water partition coefficient (Wildman–Crippen LogP) is 1.07. The van der Waals surface area contributed by atoms with Crippen molar-refractivity contribution in [2.45, 2.75) is 32.8 Å². The average molecular weight is 246 g/mol. The van der Waals surface area contributed by atoms with Gasteiger partial charge in [0.15, 0.2) is 0 Å². The Morgan fingerprint density at radius 2 is 2.06 bits per heavy atom. The van der Waals surface area contributed by atoms with Crippen molar-refractivity contribution in [1.29, 1.82) is 0 Å². The van der Waals surface area contributed by atoms with Crippen LogP contribution in [0, 0.1) is 5.92 Å². The highest BCUT2D eigenvalue weighted by molar-refractivity contribution is 5.67. The second-order valence-corrected chi connectivity index (χ2v) is 5.30. The molecule has 0 aliphatic heterocycles. The van der Waals surface area contributed by atoms with Crippen LogP contribution in [-0.2, 0) is 4.74 Å². The standard InChI is InChI=1S/C12H26N2O3/c1-12(2,3)17-11(16)14(5)9-10(6-7-15)8-13-4/h10,13,15H,6-9H2,1-5H3. The van der Waals surface area contributed by atoms with Gasteiger partial charge in [-0.05, 0) is 46.7 Å². The Morgan fingerprint density at radius 1 is 1.47 bits per heavy atom. The molecule has 0 aliphatic carbocycles. The van der Waals surface area contributed by atoms with Gasteiger partial charge in [-0.25, -0.2) is 4.79 Å². The van der Waals surface area contributed by atoms with Gasteiger partial charge in [0.2, 0.25) is 0 Å². The largest absolute Gasteiger partial charge is 0.444 e. The van der Waals surface area contributed by atoms with Crippen molar-refractivity contribution in [2.75, 3.05) is 33.8 Å². The Hall–Kier alpha value is -0.810. The summed E-state index contributed by atoms with van der Waals surface area (Å²) < 4.78 is 5.26. The SMILES string of the molecule is CNCC(CCO)CN(C)C(=O)OC(C)(C)C. The second kappa shape index (κ2) is 7.50. The molecule has 5 heteroatoms. The third-order valence-corrected chi connectivity index (χ3v) is 2.27. The van der Waals surface area contributed by atoms with Crippen molar-refractivity contribution in [3.05, 3.63) is 0 Å². The Kier molecular flexibility index (Phi) is 7.15. The highest BCUT2D eigenvalue weighted by Crippen LogP contribution is 2.11. The molecule has 0 heterocycles. The molecule has 1 atom stereocenters.